The number of amides is 1. The van der Waals surface area contributed by atoms with Crippen LogP contribution < -0.4 is 10.0 Å². The largest absolute Gasteiger partial charge is 0.322 e. The van der Waals surface area contributed by atoms with Crippen molar-refractivity contribution in [2.45, 2.75) is 18.9 Å². The molecule has 138 valence electrons. The standard InChI is InChI=1S/C17H15ClF2N2O3S/c1-26(24,25)22-15-7-4-10-11(3-6-14(20)16(10)15)17(23)21-9-2-5-13(19)12(18)8-9/h2-3,5-6,8,15,22H,4,7H2,1H3,(H,21,23)/t15-/m0/s1. The summed E-state index contributed by atoms with van der Waals surface area (Å²) in [6, 6.07) is 5.52. The normalized spacial score (nSPS) is 16.4. The fourth-order valence-electron chi connectivity index (χ4n) is 3.08. The Labute approximate surface area is 154 Å². The Morgan fingerprint density at radius 2 is 1.88 bits per heavy atom. The fourth-order valence-corrected chi connectivity index (χ4v) is 4.01. The van der Waals surface area contributed by atoms with Gasteiger partial charge in [-0.1, -0.05) is 11.6 Å². The number of halogens is 3. The van der Waals surface area contributed by atoms with Crippen LogP contribution in [-0.4, -0.2) is 20.6 Å². The molecular formula is C17H15ClF2N2O3S. The number of hydrogen-bond acceptors (Lipinski definition) is 3. The molecule has 5 nitrogen and oxygen atoms in total. The molecule has 0 aromatic heterocycles. The molecule has 0 saturated heterocycles. The quantitative estimate of drug-likeness (QED) is 0.825. The van der Waals surface area contributed by atoms with Crippen LogP contribution in [-0.2, 0) is 16.4 Å². The van der Waals surface area contributed by atoms with Crippen LogP contribution in [0.2, 0.25) is 5.02 Å². The molecule has 0 unspecified atom stereocenters. The minimum absolute atomic E-state index is 0.135. The Morgan fingerprint density at radius 1 is 1.19 bits per heavy atom. The predicted molar refractivity (Wildman–Crippen MR) is 94.8 cm³/mol. The first-order valence-electron chi connectivity index (χ1n) is 7.70. The van der Waals surface area contributed by atoms with E-state index < -0.39 is 33.6 Å². The predicted octanol–water partition coefficient (Wildman–Crippen LogP) is 3.41. The van der Waals surface area contributed by atoms with Crippen molar-refractivity contribution in [3.05, 3.63) is 63.7 Å². The minimum Gasteiger partial charge on any atom is -0.322 e. The van der Waals surface area contributed by atoms with Crippen LogP contribution in [0.5, 0.6) is 0 Å². The number of hydrogen-bond donors (Lipinski definition) is 2. The number of sulfonamides is 1. The maximum absolute atomic E-state index is 14.3. The zero-order valence-corrected chi connectivity index (χ0v) is 15.2. The number of fused-ring (bicyclic) bond motifs is 1. The van der Waals surface area contributed by atoms with E-state index in [9.17, 15) is 22.0 Å². The Morgan fingerprint density at radius 3 is 2.54 bits per heavy atom. The van der Waals surface area contributed by atoms with Gasteiger partial charge >= 0.3 is 0 Å². The van der Waals surface area contributed by atoms with Gasteiger partial charge in [0.15, 0.2) is 0 Å². The van der Waals surface area contributed by atoms with Gasteiger partial charge in [0.05, 0.1) is 17.3 Å². The molecule has 0 saturated carbocycles. The molecule has 0 spiro atoms. The van der Waals surface area contributed by atoms with Crippen LogP contribution in [0.15, 0.2) is 30.3 Å². The molecule has 0 heterocycles. The van der Waals surface area contributed by atoms with Crippen LogP contribution in [0.3, 0.4) is 0 Å². The lowest BCUT2D eigenvalue weighted by atomic mass is 10.0. The zero-order valence-electron chi connectivity index (χ0n) is 13.6. The van der Waals surface area contributed by atoms with Gasteiger partial charge in [-0.15, -0.1) is 0 Å². The monoisotopic (exact) mass is 400 g/mol. The summed E-state index contributed by atoms with van der Waals surface area (Å²) in [5.41, 5.74) is 1.17. The van der Waals surface area contributed by atoms with E-state index in [2.05, 4.69) is 10.0 Å². The molecule has 2 aromatic carbocycles. The second-order valence-corrected chi connectivity index (χ2v) is 8.24. The molecule has 1 aliphatic rings. The zero-order chi connectivity index (χ0) is 19.1. The third kappa shape index (κ3) is 3.87. The van der Waals surface area contributed by atoms with Crippen molar-refractivity contribution in [3.8, 4) is 0 Å². The van der Waals surface area contributed by atoms with Crippen LogP contribution in [0.4, 0.5) is 14.5 Å². The number of carbonyl (C=O) groups excluding carboxylic acids is 1. The molecule has 0 bridgehead atoms. The highest BCUT2D eigenvalue weighted by molar-refractivity contribution is 7.88. The molecule has 1 aliphatic carbocycles. The highest BCUT2D eigenvalue weighted by Crippen LogP contribution is 2.36. The molecule has 1 amide bonds. The molecule has 2 N–H and O–H groups in total. The minimum atomic E-state index is -3.52. The SMILES string of the molecule is CS(=O)(=O)N[C@H]1CCc2c(C(=O)Nc3ccc(F)c(Cl)c3)ccc(F)c21. The van der Waals surface area contributed by atoms with Gasteiger partial charge in [0.1, 0.15) is 11.6 Å². The number of anilines is 1. The van der Waals surface area contributed by atoms with E-state index in [0.29, 0.717) is 24.1 Å². The lowest BCUT2D eigenvalue weighted by molar-refractivity contribution is 0.102. The van der Waals surface area contributed by atoms with Gasteiger partial charge in [0, 0.05) is 16.8 Å². The number of rotatable bonds is 4. The first-order valence-corrected chi connectivity index (χ1v) is 9.97. The summed E-state index contributed by atoms with van der Waals surface area (Å²) in [6.45, 7) is 0. The van der Waals surface area contributed by atoms with Crippen LogP contribution >= 0.6 is 11.6 Å². The van der Waals surface area contributed by atoms with Gasteiger partial charge in [-0.2, -0.15) is 0 Å². The summed E-state index contributed by atoms with van der Waals surface area (Å²) in [7, 11) is -3.52. The Hall–Kier alpha value is -2.03. The molecule has 9 heteroatoms. The van der Waals surface area contributed by atoms with E-state index in [4.69, 9.17) is 11.6 Å². The third-order valence-electron chi connectivity index (χ3n) is 4.11. The summed E-state index contributed by atoms with van der Waals surface area (Å²) in [5, 5.41) is 2.45. The number of nitrogens with one attached hydrogen (secondary N) is 2. The second-order valence-electron chi connectivity index (χ2n) is 6.05. The van der Waals surface area contributed by atoms with E-state index in [0.717, 1.165) is 18.4 Å². The topological polar surface area (TPSA) is 75.3 Å². The van der Waals surface area contributed by atoms with E-state index in [1.54, 1.807) is 0 Å². The lowest BCUT2D eigenvalue weighted by Crippen LogP contribution is -2.26. The average molecular weight is 401 g/mol. The summed E-state index contributed by atoms with van der Waals surface area (Å²) >= 11 is 5.70. The highest BCUT2D eigenvalue weighted by atomic mass is 35.5. The smallest absolute Gasteiger partial charge is 0.255 e. The van der Waals surface area contributed by atoms with E-state index in [-0.39, 0.29) is 16.1 Å². The van der Waals surface area contributed by atoms with Gasteiger partial charge in [-0.05, 0) is 48.7 Å². The maximum Gasteiger partial charge on any atom is 0.255 e. The number of carbonyl (C=O) groups is 1. The molecule has 2 aromatic rings. The molecule has 0 aliphatic heterocycles. The van der Waals surface area contributed by atoms with E-state index in [1.165, 1.54) is 18.2 Å². The second kappa shape index (κ2) is 6.94. The van der Waals surface area contributed by atoms with E-state index >= 15 is 0 Å². The summed E-state index contributed by atoms with van der Waals surface area (Å²) in [6.07, 6.45) is 1.71. The average Bonchev–Trinajstić information content (AvgIpc) is 2.94. The van der Waals surface area contributed by atoms with Crippen LogP contribution in [0.25, 0.3) is 0 Å². The first kappa shape index (κ1) is 18.8. The van der Waals surface area contributed by atoms with Crippen molar-refractivity contribution >= 4 is 33.2 Å². The molecule has 3 rings (SSSR count). The number of benzene rings is 2. The Kier molecular flexibility index (Phi) is 5.01. The van der Waals surface area contributed by atoms with Gasteiger partial charge in [0.25, 0.3) is 5.91 Å². The van der Waals surface area contributed by atoms with Crippen LogP contribution in [0, 0.1) is 11.6 Å². The van der Waals surface area contributed by atoms with Crippen molar-refractivity contribution in [2.75, 3.05) is 11.6 Å². The van der Waals surface area contributed by atoms with Crippen LogP contribution in [0.1, 0.15) is 33.9 Å². The van der Waals surface area contributed by atoms with Crippen molar-refractivity contribution in [1.29, 1.82) is 0 Å². The summed E-state index contributed by atoms with van der Waals surface area (Å²) < 4.78 is 52.8. The molecule has 0 fully saturated rings. The summed E-state index contributed by atoms with van der Waals surface area (Å²) in [5.74, 6) is -1.69. The third-order valence-corrected chi connectivity index (χ3v) is 5.12. The Balaban J connectivity index is 1.92. The van der Waals surface area contributed by atoms with Crippen molar-refractivity contribution in [3.63, 3.8) is 0 Å². The Bertz CT molecular complexity index is 996. The van der Waals surface area contributed by atoms with Gasteiger partial charge in [0.2, 0.25) is 10.0 Å². The molecule has 26 heavy (non-hydrogen) atoms. The van der Waals surface area contributed by atoms with E-state index in [1.807, 2.05) is 0 Å². The summed E-state index contributed by atoms with van der Waals surface area (Å²) in [4.78, 5) is 12.6. The molecular weight excluding hydrogens is 386 g/mol. The van der Waals surface area contributed by atoms with Crippen molar-refractivity contribution < 1.29 is 22.0 Å². The van der Waals surface area contributed by atoms with Crippen molar-refractivity contribution in [2.24, 2.45) is 0 Å². The van der Waals surface area contributed by atoms with Crippen molar-refractivity contribution in [1.82, 2.24) is 4.72 Å². The molecule has 1 atom stereocenters. The first-order chi connectivity index (χ1) is 12.2. The van der Waals surface area contributed by atoms with Gasteiger partial charge in [-0.25, -0.2) is 21.9 Å². The van der Waals surface area contributed by atoms with Gasteiger partial charge in [-0.3, -0.25) is 4.79 Å². The fraction of sp³-hybridized carbons (Fsp3) is 0.235. The molecule has 0 radical (unpaired) electrons. The maximum atomic E-state index is 14.3. The van der Waals surface area contributed by atoms with Gasteiger partial charge < -0.3 is 5.32 Å². The highest BCUT2D eigenvalue weighted by Gasteiger charge is 2.31. The lowest BCUT2D eigenvalue weighted by Gasteiger charge is -2.15.